The molecule has 2 fully saturated rings. The van der Waals surface area contributed by atoms with Gasteiger partial charge in [0.2, 0.25) is 5.91 Å². The van der Waals surface area contributed by atoms with Crippen LogP contribution in [0.3, 0.4) is 0 Å². The van der Waals surface area contributed by atoms with E-state index in [1.807, 2.05) is 0 Å². The summed E-state index contributed by atoms with van der Waals surface area (Å²) in [5.74, 6) is -2.36. The van der Waals surface area contributed by atoms with Gasteiger partial charge in [-0.15, -0.1) is 0 Å². The van der Waals surface area contributed by atoms with E-state index in [-0.39, 0.29) is 35.9 Å². The fourth-order valence-electron chi connectivity index (χ4n) is 3.51. The number of anilines is 1. The molecule has 0 radical (unpaired) electrons. The van der Waals surface area contributed by atoms with Crippen LogP contribution in [-0.2, 0) is 19.1 Å². The molecule has 0 aromatic heterocycles. The predicted molar refractivity (Wildman–Crippen MR) is 108 cm³/mol. The Bertz CT molecular complexity index is 905. The van der Waals surface area contributed by atoms with Crippen molar-refractivity contribution in [3.63, 3.8) is 0 Å². The van der Waals surface area contributed by atoms with Crippen molar-refractivity contribution < 1.29 is 33.4 Å². The van der Waals surface area contributed by atoms with Crippen LogP contribution in [0.4, 0.5) is 10.5 Å². The molecule has 1 unspecified atom stereocenters. The molecule has 0 spiro atoms. The van der Waals surface area contributed by atoms with Gasteiger partial charge in [0.15, 0.2) is 0 Å². The van der Waals surface area contributed by atoms with Gasteiger partial charge in [-0.2, -0.15) is 0 Å². The Morgan fingerprint density at radius 1 is 1.06 bits per heavy atom. The molecule has 1 aliphatic heterocycles. The van der Waals surface area contributed by atoms with Gasteiger partial charge < -0.3 is 20.1 Å². The minimum Gasteiger partial charge on any atom is -0.462 e. The van der Waals surface area contributed by atoms with Gasteiger partial charge in [-0.05, 0) is 57.7 Å². The fraction of sp³-hybridized carbons (Fsp3) is 0.476. The van der Waals surface area contributed by atoms with Crippen LogP contribution in [0, 0.1) is 5.92 Å². The SMILES string of the molecule is CCOC(=O)c1cc(NC(=O)CN2C(=O)NC(C)(C3CC3)C2=O)cc(C(=O)OCC)c1. The molecular formula is C21H25N3O7. The highest BCUT2D eigenvalue weighted by Gasteiger charge is 2.56. The van der Waals surface area contributed by atoms with Crippen molar-refractivity contribution in [2.45, 2.75) is 39.2 Å². The Labute approximate surface area is 179 Å². The van der Waals surface area contributed by atoms with Crippen molar-refractivity contribution in [2.24, 2.45) is 5.92 Å². The molecule has 1 aromatic rings. The van der Waals surface area contributed by atoms with Crippen LogP contribution in [0.2, 0.25) is 0 Å². The van der Waals surface area contributed by atoms with Gasteiger partial charge in [0, 0.05) is 5.69 Å². The van der Waals surface area contributed by atoms with Crippen LogP contribution < -0.4 is 10.6 Å². The van der Waals surface area contributed by atoms with Crippen LogP contribution >= 0.6 is 0 Å². The highest BCUT2D eigenvalue weighted by atomic mass is 16.5. The Morgan fingerprint density at radius 3 is 2.10 bits per heavy atom. The van der Waals surface area contributed by atoms with Crippen molar-refractivity contribution in [3.05, 3.63) is 29.3 Å². The number of hydrogen-bond acceptors (Lipinski definition) is 7. The van der Waals surface area contributed by atoms with Gasteiger partial charge >= 0.3 is 18.0 Å². The van der Waals surface area contributed by atoms with Crippen LogP contribution in [0.15, 0.2) is 18.2 Å². The van der Waals surface area contributed by atoms with Gasteiger partial charge in [0.25, 0.3) is 5.91 Å². The molecule has 2 aliphatic rings. The van der Waals surface area contributed by atoms with Gasteiger partial charge in [-0.3, -0.25) is 14.5 Å². The quantitative estimate of drug-likeness (QED) is 0.473. The van der Waals surface area contributed by atoms with E-state index in [0.29, 0.717) is 0 Å². The molecule has 3 rings (SSSR count). The monoisotopic (exact) mass is 431 g/mol. The summed E-state index contributed by atoms with van der Waals surface area (Å²) >= 11 is 0. The second-order valence-electron chi connectivity index (χ2n) is 7.59. The maximum absolute atomic E-state index is 12.7. The minimum atomic E-state index is -0.988. The summed E-state index contributed by atoms with van der Waals surface area (Å²) in [6.07, 6.45) is 1.69. The van der Waals surface area contributed by atoms with E-state index in [9.17, 15) is 24.0 Å². The average Bonchev–Trinajstić information content (AvgIpc) is 3.54. The first-order valence-electron chi connectivity index (χ1n) is 10.1. The van der Waals surface area contributed by atoms with Gasteiger partial charge in [0.05, 0.1) is 24.3 Å². The number of amides is 4. The fourth-order valence-corrected chi connectivity index (χ4v) is 3.51. The molecule has 1 aromatic carbocycles. The topological polar surface area (TPSA) is 131 Å². The number of rotatable bonds is 8. The van der Waals surface area contributed by atoms with Crippen molar-refractivity contribution in [1.82, 2.24) is 10.2 Å². The number of esters is 2. The molecule has 1 atom stereocenters. The van der Waals surface area contributed by atoms with Crippen LogP contribution in [0.5, 0.6) is 0 Å². The second kappa shape index (κ2) is 8.75. The maximum atomic E-state index is 12.7. The third-order valence-electron chi connectivity index (χ3n) is 5.24. The number of nitrogens with zero attached hydrogens (tertiary/aromatic N) is 1. The van der Waals surface area contributed by atoms with E-state index >= 15 is 0 Å². The van der Waals surface area contributed by atoms with E-state index in [1.165, 1.54) is 18.2 Å². The van der Waals surface area contributed by atoms with E-state index in [0.717, 1.165) is 17.7 Å². The summed E-state index contributed by atoms with van der Waals surface area (Å²) in [5, 5.41) is 5.20. The van der Waals surface area contributed by atoms with Crippen molar-refractivity contribution in [3.8, 4) is 0 Å². The minimum absolute atomic E-state index is 0.0546. The number of benzene rings is 1. The van der Waals surface area contributed by atoms with Crippen LogP contribution in [0.25, 0.3) is 0 Å². The molecule has 0 bridgehead atoms. The van der Waals surface area contributed by atoms with E-state index < -0.39 is 41.9 Å². The number of carbonyl (C=O) groups excluding carboxylic acids is 5. The predicted octanol–water partition coefficient (Wildman–Crippen LogP) is 1.70. The largest absolute Gasteiger partial charge is 0.462 e. The lowest BCUT2D eigenvalue weighted by Gasteiger charge is -2.20. The van der Waals surface area contributed by atoms with E-state index in [1.54, 1.807) is 20.8 Å². The molecular weight excluding hydrogens is 406 g/mol. The highest BCUT2D eigenvalue weighted by Crippen LogP contribution is 2.42. The van der Waals surface area contributed by atoms with Crippen molar-refractivity contribution in [2.75, 3.05) is 25.1 Å². The van der Waals surface area contributed by atoms with Gasteiger partial charge in [-0.1, -0.05) is 0 Å². The number of hydrogen-bond donors (Lipinski definition) is 2. The Kier molecular flexibility index (Phi) is 6.28. The zero-order chi connectivity index (χ0) is 22.8. The Balaban J connectivity index is 1.76. The molecule has 4 amide bonds. The van der Waals surface area contributed by atoms with Gasteiger partial charge in [-0.25, -0.2) is 14.4 Å². The number of carbonyl (C=O) groups is 5. The summed E-state index contributed by atoms with van der Waals surface area (Å²) in [4.78, 5) is 62.6. The van der Waals surface area contributed by atoms with Crippen LogP contribution in [0.1, 0.15) is 54.3 Å². The van der Waals surface area contributed by atoms with E-state index in [4.69, 9.17) is 9.47 Å². The first-order chi connectivity index (χ1) is 14.7. The summed E-state index contributed by atoms with van der Waals surface area (Å²) in [5.41, 5.74) is -0.744. The molecule has 31 heavy (non-hydrogen) atoms. The molecule has 166 valence electrons. The summed E-state index contributed by atoms with van der Waals surface area (Å²) < 4.78 is 9.92. The highest BCUT2D eigenvalue weighted by molar-refractivity contribution is 6.10. The number of urea groups is 1. The standard InChI is InChI=1S/C21H25N3O7/c1-4-30-17(26)12-8-13(18(27)31-5-2)10-15(9-12)22-16(25)11-24-19(28)21(3,14-6-7-14)23-20(24)29/h8-10,14H,4-7,11H2,1-3H3,(H,22,25)(H,23,29). The number of nitrogens with one attached hydrogen (secondary N) is 2. The molecule has 1 saturated heterocycles. The average molecular weight is 431 g/mol. The lowest BCUT2D eigenvalue weighted by molar-refractivity contribution is -0.134. The third kappa shape index (κ3) is 4.68. The third-order valence-corrected chi connectivity index (χ3v) is 5.24. The Hall–Kier alpha value is -3.43. The molecule has 2 N–H and O–H groups in total. The van der Waals surface area contributed by atoms with Gasteiger partial charge in [0.1, 0.15) is 12.1 Å². The molecule has 1 aliphatic carbocycles. The first-order valence-corrected chi connectivity index (χ1v) is 10.1. The normalized spacial score (nSPS) is 20.3. The summed E-state index contributed by atoms with van der Waals surface area (Å²) in [7, 11) is 0. The lowest BCUT2D eigenvalue weighted by Crippen LogP contribution is -2.46. The summed E-state index contributed by atoms with van der Waals surface area (Å²) in [6, 6.07) is 3.38. The summed E-state index contributed by atoms with van der Waals surface area (Å²) in [6.45, 7) is 4.72. The van der Waals surface area contributed by atoms with Crippen LogP contribution in [-0.4, -0.2) is 60.0 Å². The Morgan fingerprint density at radius 2 is 1.61 bits per heavy atom. The maximum Gasteiger partial charge on any atom is 0.338 e. The number of ether oxygens (including phenoxy) is 2. The first kappa shape index (κ1) is 22.3. The molecule has 10 heteroatoms. The van der Waals surface area contributed by atoms with Crippen molar-refractivity contribution in [1.29, 1.82) is 0 Å². The van der Waals surface area contributed by atoms with E-state index in [2.05, 4.69) is 10.6 Å². The second-order valence-corrected chi connectivity index (χ2v) is 7.59. The molecule has 1 heterocycles. The zero-order valence-electron chi connectivity index (χ0n) is 17.6. The molecule has 10 nitrogen and oxygen atoms in total. The smallest absolute Gasteiger partial charge is 0.338 e. The lowest BCUT2D eigenvalue weighted by atomic mass is 9.96. The zero-order valence-corrected chi connectivity index (χ0v) is 17.6. The number of imide groups is 1. The molecule has 1 saturated carbocycles. The van der Waals surface area contributed by atoms with Crippen molar-refractivity contribution >= 4 is 35.5 Å².